The molecule has 0 aliphatic heterocycles. The molecular weight excluding hydrogens is 376 g/mol. The van der Waals surface area contributed by atoms with Crippen LogP contribution in [0.25, 0.3) is 6.08 Å². The SMILES string of the molecule is COc1ccccc1C(=O)Oc1cccc(/C=C/C(=O)c2ccc(Cl)cc2)c1. The lowest BCUT2D eigenvalue weighted by Gasteiger charge is -2.08. The third-order valence-corrected chi connectivity index (χ3v) is 4.20. The number of ketones is 1. The number of hydrogen-bond donors (Lipinski definition) is 0. The average Bonchev–Trinajstić information content (AvgIpc) is 2.72. The Labute approximate surface area is 168 Å². The van der Waals surface area contributed by atoms with Crippen LogP contribution in [0.15, 0.2) is 78.9 Å². The highest BCUT2D eigenvalue weighted by atomic mass is 35.5. The second-order valence-corrected chi connectivity index (χ2v) is 6.30. The van der Waals surface area contributed by atoms with Crippen molar-refractivity contribution in [2.45, 2.75) is 0 Å². The molecule has 0 saturated carbocycles. The first-order chi connectivity index (χ1) is 13.6. The molecule has 28 heavy (non-hydrogen) atoms. The molecule has 140 valence electrons. The summed E-state index contributed by atoms with van der Waals surface area (Å²) >= 11 is 5.83. The van der Waals surface area contributed by atoms with Crippen molar-refractivity contribution < 1.29 is 19.1 Å². The maximum absolute atomic E-state index is 12.4. The molecule has 0 bridgehead atoms. The van der Waals surface area contributed by atoms with Crippen molar-refractivity contribution in [1.82, 2.24) is 0 Å². The summed E-state index contributed by atoms with van der Waals surface area (Å²) in [5.74, 6) is 0.151. The van der Waals surface area contributed by atoms with E-state index in [-0.39, 0.29) is 5.78 Å². The number of ether oxygens (including phenoxy) is 2. The summed E-state index contributed by atoms with van der Waals surface area (Å²) in [6.07, 6.45) is 3.13. The molecular formula is C23H17ClO4. The van der Waals surface area contributed by atoms with E-state index in [2.05, 4.69) is 0 Å². The predicted molar refractivity (Wildman–Crippen MR) is 109 cm³/mol. The Morgan fingerprint density at radius 1 is 0.929 bits per heavy atom. The number of benzene rings is 3. The minimum atomic E-state index is -0.518. The number of carbonyl (C=O) groups excluding carboxylic acids is 2. The van der Waals surface area contributed by atoms with Crippen LogP contribution in [0.5, 0.6) is 11.5 Å². The van der Waals surface area contributed by atoms with Gasteiger partial charge in [-0.3, -0.25) is 4.79 Å². The number of hydrogen-bond acceptors (Lipinski definition) is 4. The highest BCUT2D eigenvalue weighted by Gasteiger charge is 2.14. The first-order valence-electron chi connectivity index (χ1n) is 8.50. The van der Waals surface area contributed by atoms with E-state index < -0.39 is 5.97 Å². The van der Waals surface area contributed by atoms with Gasteiger partial charge in [0, 0.05) is 10.6 Å². The molecule has 0 heterocycles. The zero-order valence-electron chi connectivity index (χ0n) is 15.1. The highest BCUT2D eigenvalue weighted by molar-refractivity contribution is 6.30. The van der Waals surface area contributed by atoms with Gasteiger partial charge in [-0.1, -0.05) is 41.9 Å². The van der Waals surface area contributed by atoms with Gasteiger partial charge in [-0.2, -0.15) is 0 Å². The number of allylic oxidation sites excluding steroid dienone is 1. The van der Waals surface area contributed by atoms with Crippen LogP contribution in [0.4, 0.5) is 0 Å². The molecule has 0 N–H and O–H groups in total. The molecule has 0 fully saturated rings. The molecule has 0 aliphatic rings. The Bertz CT molecular complexity index is 1020. The van der Waals surface area contributed by atoms with Crippen molar-refractivity contribution in [1.29, 1.82) is 0 Å². The lowest BCUT2D eigenvalue weighted by Crippen LogP contribution is -2.10. The summed E-state index contributed by atoms with van der Waals surface area (Å²) < 4.78 is 10.6. The van der Waals surface area contributed by atoms with Crippen LogP contribution in [0.1, 0.15) is 26.3 Å². The molecule has 3 rings (SSSR count). The molecule has 5 heteroatoms. The molecule has 0 atom stereocenters. The minimum absolute atomic E-state index is 0.145. The number of carbonyl (C=O) groups is 2. The van der Waals surface area contributed by atoms with E-state index in [0.717, 1.165) is 5.56 Å². The second-order valence-electron chi connectivity index (χ2n) is 5.87. The molecule has 0 saturated heterocycles. The average molecular weight is 393 g/mol. The van der Waals surface area contributed by atoms with E-state index in [1.54, 1.807) is 72.8 Å². The summed E-state index contributed by atoms with van der Waals surface area (Å²) in [4.78, 5) is 24.6. The molecule has 0 aliphatic carbocycles. The number of halogens is 1. The Morgan fingerprint density at radius 2 is 1.68 bits per heavy atom. The monoisotopic (exact) mass is 392 g/mol. The van der Waals surface area contributed by atoms with Crippen LogP contribution in [0, 0.1) is 0 Å². The van der Waals surface area contributed by atoms with E-state index in [0.29, 0.717) is 27.6 Å². The molecule has 0 amide bonds. The summed E-state index contributed by atoms with van der Waals surface area (Å²) in [5, 5.41) is 0.574. The summed E-state index contributed by atoms with van der Waals surface area (Å²) in [7, 11) is 1.50. The number of methoxy groups -OCH3 is 1. The van der Waals surface area contributed by atoms with Crippen molar-refractivity contribution in [3.63, 3.8) is 0 Å². The zero-order chi connectivity index (χ0) is 19.9. The standard InChI is InChI=1S/C23H17ClO4/c1-27-22-8-3-2-7-20(22)23(26)28-19-6-4-5-16(15-19)9-14-21(25)17-10-12-18(24)13-11-17/h2-15H,1H3/b14-9+. The fraction of sp³-hybridized carbons (Fsp3) is 0.0435. The van der Waals surface area contributed by atoms with Gasteiger partial charge < -0.3 is 9.47 Å². The molecule has 0 aromatic heterocycles. The van der Waals surface area contributed by atoms with Crippen molar-refractivity contribution in [2.75, 3.05) is 7.11 Å². The van der Waals surface area contributed by atoms with E-state index in [4.69, 9.17) is 21.1 Å². The Kier molecular flexibility index (Phi) is 6.25. The minimum Gasteiger partial charge on any atom is -0.496 e. The van der Waals surface area contributed by atoms with E-state index >= 15 is 0 Å². The molecule has 0 unspecified atom stereocenters. The molecule has 0 spiro atoms. The van der Waals surface area contributed by atoms with Gasteiger partial charge in [-0.15, -0.1) is 0 Å². The lowest BCUT2D eigenvalue weighted by atomic mass is 10.1. The predicted octanol–water partition coefficient (Wildman–Crippen LogP) is 5.46. The lowest BCUT2D eigenvalue weighted by molar-refractivity contribution is 0.0731. The van der Waals surface area contributed by atoms with Gasteiger partial charge in [0.1, 0.15) is 17.1 Å². The van der Waals surface area contributed by atoms with E-state index in [1.165, 1.54) is 13.2 Å². The van der Waals surface area contributed by atoms with Crippen molar-refractivity contribution in [3.05, 3.63) is 101 Å². The summed E-state index contributed by atoms with van der Waals surface area (Å²) in [5.41, 5.74) is 1.61. The van der Waals surface area contributed by atoms with Gasteiger partial charge >= 0.3 is 5.97 Å². The van der Waals surface area contributed by atoms with E-state index in [9.17, 15) is 9.59 Å². The van der Waals surface area contributed by atoms with Gasteiger partial charge in [0.05, 0.1) is 7.11 Å². The van der Waals surface area contributed by atoms with Gasteiger partial charge in [0.25, 0.3) is 0 Å². The smallest absolute Gasteiger partial charge is 0.347 e. The fourth-order valence-electron chi connectivity index (χ4n) is 2.54. The van der Waals surface area contributed by atoms with Crippen LogP contribution in [-0.2, 0) is 0 Å². The molecule has 4 nitrogen and oxygen atoms in total. The number of para-hydroxylation sites is 1. The van der Waals surface area contributed by atoms with Crippen LogP contribution in [-0.4, -0.2) is 18.9 Å². The van der Waals surface area contributed by atoms with Crippen LogP contribution < -0.4 is 9.47 Å². The largest absolute Gasteiger partial charge is 0.496 e. The quantitative estimate of drug-likeness (QED) is 0.242. The Balaban J connectivity index is 1.72. The maximum atomic E-state index is 12.4. The number of esters is 1. The van der Waals surface area contributed by atoms with Crippen LogP contribution in [0.3, 0.4) is 0 Å². The third-order valence-electron chi connectivity index (χ3n) is 3.95. The van der Waals surface area contributed by atoms with Crippen molar-refractivity contribution in [3.8, 4) is 11.5 Å². The first-order valence-corrected chi connectivity index (χ1v) is 8.88. The van der Waals surface area contributed by atoms with E-state index in [1.807, 2.05) is 6.07 Å². The fourth-order valence-corrected chi connectivity index (χ4v) is 2.67. The van der Waals surface area contributed by atoms with Gasteiger partial charge in [0.15, 0.2) is 5.78 Å². The highest BCUT2D eigenvalue weighted by Crippen LogP contribution is 2.21. The second kappa shape index (κ2) is 9.02. The molecule has 3 aromatic rings. The van der Waals surface area contributed by atoms with Gasteiger partial charge in [-0.05, 0) is 60.2 Å². The van der Waals surface area contributed by atoms with Crippen LogP contribution in [0.2, 0.25) is 5.02 Å². The molecule has 3 aromatic carbocycles. The zero-order valence-corrected chi connectivity index (χ0v) is 15.8. The van der Waals surface area contributed by atoms with Gasteiger partial charge in [0.2, 0.25) is 0 Å². The Hall–Kier alpha value is -3.37. The summed E-state index contributed by atoms with van der Waals surface area (Å²) in [6, 6.07) is 20.4. The van der Waals surface area contributed by atoms with Gasteiger partial charge in [-0.25, -0.2) is 4.79 Å². The first kappa shape index (κ1) is 19.4. The maximum Gasteiger partial charge on any atom is 0.347 e. The number of rotatable bonds is 6. The van der Waals surface area contributed by atoms with Crippen LogP contribution >= 0.6 is 11.6 Å². The normalized spacial score (nSPS) is 10.6. The summed E-state index contributed by atoms with van der Waals surface area (Å²) in [6.45, 7) is 0. The van der Waals surface area contributed by atoms with Crippen molar-refractivity contribution in [2.24, 2.45) is 0 Å². The van der Waals surface area contributed by atoms with Crippen molar-refractivity contribution >= 4 is 29.4 Å². The Morgan fingerprint density at radius 3 is 2.43 bits per heavy atom. The topological polar surface area (TPSA) is 52.6 Å². The molecule has 0 radical (unpaired) electrons. The third kappa shape index (κ3) is 4.87.